The van der Waals surface area contributed by atoms with Gasteiger partial charge < -0.3 is 10.8 Å². The highest BCUT2D eigenvalue weighted by Gasteiger charge is 2.34. The van der Waals surface area contributed by atoms with Gasteiger partial charge in [-0.3, -0.25) is 4.98 Å². The topological polar surface area (TPSA) is 59.1 Å². The van der Waals surface area contributed by atoms with Crippen LogP contribution in [0, 0.1) is 0 Å². The summed E-state index contributed by atoms with van der Waals surface area (Å²) in [6, 6.07) is 5.91. The van der Waals surface area contributed by atoms with Crippen molar-refractivity contribution >= 4 is 0 Å². The summed E-state index contributed by atoms with van der Waals surface area (Å²) in [4.78, 5) is 4.21. The molecule has 3 N–H and O–H groups in total. The second-order valence-corrected chi connectivity index (χ2v) is 4.08. The summed E-state index contributed by atoms with van der Waals surface area (Å²) >= 11 is 0. The molecule has 3 nitrogen and oxygen atoms in total. The van der Waals surface area contributed by atoms with Crippen LogP contribution < -0.4 is 5.73 Å². The van der Waals surface area contributed by atoms with Crippen LogP contribution in [0.5, 0.6) is 0 Å². The molecule has 0 unspecified atom stereocenters. The van der Waals surface area contributed by atoms with Gasteiger partial charge >= 0.3 is 0 Å². The van der Waals surface area contributed by atoms with Crippen LogP contribution in [0.1, 0.15) is 31.4 Å². The number of hydrogen-bond donors (Lipinski definition) is 2. The third kappa shape index (κ3) is 1.79. The molecule has 14 heavy (non-hydrogen) atoms. The molecule has 1 aliphatic carbocycles. The fourth-order valence-corrected chi connectivity index (χ4v) is 2.01. The molecule has 0 atom stereocenters. The van der Waals surface area contributed by atoms with Crippen molar-refractivity contribution in [1.29, 1.82) is 0 Å². The van der Waals surface area contributed by atoms with E-state index in [1.165, 1.54) is 0 Å². The number of aliphatic hydroxyl groups is 1. The lowest BCUT2D eigenvalue weighted by Gasteiger charge is -2.34. The fourth-order valence-electron chi connectivity index (χ4n) is 2.01. The van der Waals surface area contributed by atoms with E-state index in [0.717, 1.165) is 31.4 Å². The van der Waals surface area contributed by atoms with E-state index in [0.29, 0.717) is 0 Å². The van der Waals surface area contributed by atoms with Crippen molar-refractivity contribution in [1.82, 2.24) is 4.98 Å². The lowest BCUT2D eigenvalue weighted by atomic mass is 9.80. The standard InChI is InChI=1S/C11H16N2O/c12-9-4-6-11(14,7-5-9)10-3-1-2-8-13-10/h1-3,8-9,14H,4-7,12H2/t9-,11+. The number of nitrogens with two attached hydrogens (primary N) is 1. The molecule has 2 rings (SSSR count). The van der Waals surface area contributed by atoms with E-state index in [1.54, 1.807) is 6.20 Å². The van der Waals surface area contributed by atoms with Crippen LogP contribution in [-0.2, 0) is 5.60 Å². The molecule has 0 bridgehead atoms. The molecule has 0 saturated heterocycles. The average Bonchev–Trinajstić information content (AvgIpc) is 2.24. The van der Waals surface area contributed by atoms with Gasteiger partial charge in [0.25, 0.3) is 0 Å². The molecular weight excluding hydrogens is 176 g/mol. The Kier molecular flexibility index (Phi) is 2.52. The van der Waals surface area contributed by atoms with Gasteiger partial charge in [-0.05, 0) is 37.8 Å². The van der Waals surface area contributed by atoms with Crippen LogP contribution in [0.2, 0.25) is 0 Å². The number of rotatable bonds is 1. The van der Waals surface area contributed by atoms with Gasteiger partial charge in [-0.2, -0.15) is 0 Å². The van der Waals surface area contributed by atoms with Gasteiger partial charge in [-0.1, -0.05) is 6.07 Å². The second kappa shape index (κ2) is 3.67. The number of hydrogen-bond acceptors (Lipinski definition) is 3. The van der Waals surface area contributed by atoms with Crippen molar-refractivity contribution in [3.63, 3.8) is 0 Å². The van der Waals surface area contributed by atoms with Crippen LogP contribution in [0.4, 0.5) is 0 Å². The molecule has 1 saturated carbocycles. The van der Waals surface area contributed by atoms with E-state index in [2.05, 4.69) is 4.98 Å². The largest absolute Gasteiger partial charge is 0.384 e. The summed E-state index contributed by atoms with van der Waals surface area (Å²) in [6.45, 7) is 0. The zero-order valence-corrected chi connectivity index (χ0v) is 8.19. The van der Waals surface area contributed by atoms with E-state index >= 15 is 0 Å². The van der Waals surface area contributed by atoms with Crippen molar-refractivity contribution in [2.45, 2.75) is 37.3 Å². The SMILES string of the molecule is N[C@H]1CC[C@](O)(c2ccccn2)CC1. The van der Waals surface area contributed by atoms with Crippen molar-refractivity contribution in [3.05, 3.63) is 30.1 Å². The lowest BCUT2D eigenvalue weighted by molar-refractivity contribution is -0.00887. The minimum absolute atomic E-state index is 0.249. The normalized spacial score (nSPS) is 32.9. The van der Waals surface area contributed by atoms with Crippen LogP contribution >= 0.6 is 0 Å². The molecule has 1 heterocycles. The fraction of sp³-hybridized carbons (Fsp3) is 0.545. The predicted octanol–water partition coefficient (Wildman–Crippen LogP) is 1.17. The Morgan fingerprint density at radius 2 is 2.07 bits per heavy atom. The first-order chi connectivity index (χ1) is 6.71. The molecule has 0 spiro atoms. The quantitative estimate of drug-likeness (QED) is 0.702. The minimum Gasteiger partial charge on any atom is -0.384 e. The molecule has 76 valence electrons. The van der Waals surface area contributed by atoms with Crippen molar-refractivity contribution in [3.8, 4) is 0 Å². The Labute approximate surface area is 84.0 Å². The first-order valence-electron chi connectivity index (χ1n) is 5.10. The summed E-state index contributed by atoms with van der Waals surface area (Å²) in [5.74, 6) is 0. The third-order valence-electron chi connectivity index (χ3n) is 3.00. The Morgan fingerprint density at radius 1 is 1.36 bits per heavy atom. The number of pyridine rings is 1. The summed E-state index contributed by atoms with van der Waals surface area (Å²) < 4.78 is 0. The monoisotopic (exact) mass is 192 g/mol. The summed E-state index contributed by atoms with van der Waals surface area (Å²) in [5.41, 5.74) is 5.85. The Hall–Kier alpha value is -0.930. The summed E-state index contributed by atoms with van der Waals surface area (Å²) in [7, 11) is 0. The predicted molar refractivity (Wildman–Crippen MR) is 54.6 cm³/mol. The van der Waals surface area contributed by atoms with Gasteiger partial charge in [0.15, 0.2) is 0 Å². The molecule has 3 heteroatoms. The molecule has 0 aromatic carbocycles. The zero-order valence-electron chi connectivity index (χ0n) is 8.19. The van der Waals surface area contributed by atoms with E-state index < -0.39 is 5.60 Å². The van der Waals surface area contributed by atoms with Gasteiger partial charge in [0.1, 0.15) is 5.60 Å². The van der Waals surface area contributed by atoms with Gasteiger partial charge in [0.2, 0.25) is 0 Å². The van der Waals surface area contributed by atoms with Crippen LogP contribution in [-0.4, -0.2) is 16.1 Å². The summed E-state index contributed by atoms with van der Waals surface area (Å²) in [6.07, 6.45) is 4.94. The van der Waals surface area contributed by atoms with Gasteiger partial charge in [-0.25, -0.2) is 0 Å². The second-order valence-electron chi connectivity index (χ2n) is 4.08. The maximum atomic E-state index is 10.3. The average molecular weight is 192 g/mol. The van der Waals surface area contributed by atoms with Gasteiger partial charge in [-0.15, -0.1) is 0 Å². The van der Waals surface area contributed by atoms with Crippen molar-refractivity contribution in [2.24, 2.45) is 5.73 Å². The third-order valence-corrected chi connectivity index (χ3v) is 3.00. The number of nitrogens with zero attached hydrogens (tertiary/aromatic N) is 1. The minimum atomic E-state index is -0.739. The first kappa shape index (κ1) is 9.62. The van der Waals surface area contributed by atoms with Crippen molar-refractivity contribution in [2.75, 3.05) is 0 Å². The molecule has 0 aliphatic heterocycles. The van der Waals surface area contributed by atoms with Crippen LogP contribution in [0.3, 0.4) is 0 Å². The highest BCUT2D eigenvalue weighted by atomic mass is 16.3. The van der Waals surface area contributed by atoms with Gasteiger partial charge in [0, 0.05) is 12.2 Å². The van der Waals surface area contributed by atoms with Crippen LogP contribution in [0.15, 0.2) is 24.4 Å². The zero-order chi connectivity index (χ0) is 10.0. The smallest absolute Gasteiger partial charge is 0.107 e. The lowest BCUT2D eigenvalue weighted by Crippen LogP contribution is -2.37. The highest BCUT2D eigenvalue weighted by Crippen LogP contribution is 2.35. The Balaban J connectivity index is 2.17. The molecule has 1 aromatic heterocycles. The Morgan fingerprint density at radius 3 is 2.64 bits per heavy atom. The molecule has 0 amide bonds. The summed E-state index contributed by atoms with van der Waals surface area (Å²) in [5, 5.41) is 10.3. The maximum Gasteiger partial charge on any atom is 0.107 e. The van der Waals surface area contributed by atoms with E-state index in [-0.39, 0.29) is 6.04 Å². The van der Waals surface area contributed by atoms with Crippen molar-refractivity contribution < 1.29 is 5.11 Å². The molecule has 0 radical (unpaired) electrons. The molecule has 1 fully saturated rings. The number of aromatic nitrogens is 1. The molecular formula is C11H16N2O. The Bertz CT molecular complexity index is 291. The maximum absolute atomic E-state index is 10.3. The molecule has 1 aromatic rings. The van der Waals surface area contributed by atoms with E-state index in [4.69, 9.17) is 5.73 Å². The first-order valence-corrected chi connectivity index (χ1v) is 5.10. The van der Waals surface area contributed by atoms with Crippen LogP contribution in [0.25, 0.3) is 0 Å². The van der Waals surface area contributed by atoms with E-state index in [9.17, 15) is 5.11 Å². The van der Waals surface area contributed by atoms with E-state index in [1.807, 2.05) is 18.2 Å². The van der Waals surface area contributed by atoms with Gasteiger partial charge in [0.05, 0.1) is 5.69 Å². The molecule has 1 aliphatic rings. The highest BCUT2D eigenvalue weighted by molar-refractivity contribution is 5.14.